The number of guanidine groups is 1. The smallest absolute Gasteiger partial charge is 0.191 e. The molecule has 0 aromatic carbocycles. The maximum absolute atomic E-state index is 6.32. The Morgan fingerprint density at radius 1 is 1.15 bits per heavy atom. The molecule has 1 saturated carbocycles. The molecule has 0 aromatic heterocycles. The van der Waals surface area contributed by atoms with Crippen LogP contribution in [0.15, 0.2) is 4.99 Å². The average molecular weight is 281 g/mol. The topological polar surface area (TPSA) is 60.1 Å². The fraction of sp³-hybridized carbons (Fsp3) is 0.933. The summed E-state index contributed by atoms with van der Waals surface area (Å²) < 4.78 is 11.6. The van der Waals surface area contributed by atoms with E-state index in [0.29, 0.717) is 12.5 Å². The number of morpholine rings is 1. The minimum absolute atomic E-state index is 0.187. The van der Waals surface area contributed by atoms with E-state index in [2.05, 4.69) is 9.89 Å². The van der Waals surface area contributed by atoms with Gasteiger partial charge in [0, 0.05) is 13.1 Å². The maximum atomic E-state index is 6.32. The van der Waals surface area contributed by atoms with Crippen LogP contribution in [-0.4, -0.2) is 55.4 Å². The molecule has 0 aromatic rings. The lowest BCUT2D eigenvalue weighted by atomic mass is 9.83. The highest BCUT2D eigenvalue weighted by atomic mass is 16.5. The lowest BCUT2D eigenvalue weighted by Gasteiger charge is -2.33. The van der Waals surface area contributed by atoms with E-state index in [4.69, 9.17) is 15.2 Å². The number of nitrogens with zero attached hydrogens (tertiary/aromatic N) is 2. The summed E-state index contributed by atoms with van der Waals surface area (Å²) in [7, 11) is 0. The van der Waals surface area contributed by atoms with Gasteiger partial charge in [0.1, 0.15) is 0 Å². The summed E-state index contributed by atoms with van der Waals surface area (Å²) in [6.45, 7) is 3.92. The van der Waals surface area contributed by atoms with Gasteiger partial charge >= 0.3 is 0 Å². The molecule has 114 valence electrons. The monoisotopic (exact) mass is 281 g/mol. The molecule has 1 unspecified atom stereocenters. The number of hydrogen-bond donors (Lipinski definition) is 1. The van der Waals surface area contributed by atoms with Crippen molar-refractivity contribution in [1.82, 2.24) is 4.90 Å². The highest BCUT2D eigenvalue weighted by molar-refractivity contribution is 5.78. The van der Waals surface area contributed by atoms with Gasteiger partial charge in [-0.2, -0.15) is 0 Å². The molecule has 3 fully saturated rings. The van der Waals surface area contributed by atoms with Crippen LogP contribution in [0.3, 0.4) is 0 Å². The Morgan fingerprint density at radius 2 is 1.90 bits per heavy atom. The molecule has 1 aliphatic carbocycles. The molecule has 0 radical (unpaired) electrons. The summed E-state index contributed by atoms with van der Waals surface area (Å²) in [5.74, 6) is 0.654. The van der Waals surface area contributed by atoms with Gasteiger partial charge in [-0.3, -0.25) is 4.99 Å². The zero-order valence-corrected chi connectivity index (χ0v) is 12.4. The van der Waals surface area contributed by atoms with Crippen LogP contribution >= 0.6 is 0 Å². The van der Waals surface area contributed by atoms with E-state index in [1.807, 2.05) is 0 Å². The van der Waals surface area contributed by atoms with Gasteiger partial charge in [-0.25, -0.2) is 0 Å². The molecule has 1 atom stereocenters. The predicted octanol–water partition coefficient (Wildman–Crippen LogP) is 1.52. The first-order valence-electron chi connectivity index (χ1n) is 8.08. The third-order valence-corrected chi connectivity index (χ3v) is 4.90. The van der Waals surface area contributed by atoms with Gasteiger partial charge in [0.05, 0.1) is 31.5 Å². The summed E-state index contributed by atoms with van der Waals surface area (Å²) in [4.78, 5) is 6.65. The lowest BCUT2D eigenvalue weighted by Crippen LogP contribution is -2.45. The Kier molecular flexibility index (Phi) is 4.46. The zero-order chi connectivity index (χ0) is 13.8. The lowest BCUT2D eigenvalue weighted by molar-refractivity contribution is -0.0599. The third-order valence-electron chi connectivity index (χ3n) is 4.90. The summed E-state index contributed by atoms with van der Waals surface area (Å²) in [6, 6.07) is 0. The van der Waals surface area contributed by atoms with Gasteiger partial charge in [0.15, 0.2) is 5.96 Å². The highest BCUT2D eigenvalue weighted by Crippen LogP contribution is 2.41. The number of nitrogens with two attached hydrogens (primary N) is 1. The van der Waals surface area contributed by atoms with Crippen LogP contribution in [0.25, 0.3) is 0 Å². The van der Waals surface area contributed by atoms with Crippen molar-refractivity contribution in [1.29, 1.82) is 0 Å². The Morgan fingerprint density at radius 3 is 2.65 bits per heavy atom. The van der Waals surface area contributed by atoms with Gasteiger partial charge in [-0.15, -0.1) is 0 Å². The third kappa shape index (κ3) is 3.26. The second kappa shape index (κ2) is 6.31. The molecular formula is C15H27N3O2. The number of ether oxygens (including phenoxy) is 2. The molecule has 2 N–H and O–H groups in total. The fourth-order valence-electron chi connectivity index (χ4n) is 3.68. The highest BCUT2D eigenvalue weighted by Gasteiger charge is 2.40. The Balaban J connectivity index is 1.48. The molecule has 3 rings (SSSR count). The van der Waals surface area contributed by atoms with Crippen LogP contribution in [-0.2, 0) is 9.47 Å². The first-order chi connectivity index (χ1) is 9.77. The molecule has 2 heterocycles. The van der Waals surface area contributed by atoms with Crippen molar-refractivity contribution in [2.24, 2.45) is 10.7 Å². The van der Waals surface area contributed by atoms with Crippen LogP contribution in [0.1, 0.15) is 44.9 Å². The largest absolute Gasteiger partial charge is 0.378 e. The van der Waals surface area contributed by atoms with E-state index in [0.717, 1.165) is 32.7 Å². The molecule has 2 saturated heterocycles. The number of hydrogen-bond acceptors (Lipinski definition) is 3. The van der Waals surface area contributed by atoms with E-state index in [1.165, 1.54) is 38.5 Å². The summed E-state index contributed by atoms with van der Waals surface area (Å²) >= 11 is 0. The molecular weight excluding hydrogens is 254 g/mol. The van der Waals surface area contributed by atoms with E-state index in [-0.39, 0.29) is 11.7 Å². The van der Waals surface area contributed by atoms with Crippen LogP contribution in [0.2, 0.25) is 0 Å². The van der Waals surface area contributed by atoms with Gasteiger partial charge < -0.3 is 20.1 Å². The molecule has 0 bridgehead atoms. The second-order valence-electron chi connectivity index (χ2n) is 6.32. The molecule has 5 nitrogen and oxygen atoms in total. The summed E-state index contributed by atoms with van der Waals surface area (Å²) in [6.07, 6.45) is 9.13. The van der Waals surface area contributed by atoms with Crippen molar-refractivity contribution >= 4 is 5.96 Å². The van der Waals surface area contributed by atoms with Crippen LogP contribution in [0.5, 0.6) is 0 Å². The van der Waals surface area contributed by atoms with E-state index in [9.17, 15) is 0 Å². The van der Waals surface area contributed by atoms with E-state index < -0.39 is 0 Å². The van der Waals surface area contributed by atoms with Gasteiger partial charge in [0.25, 0.3) is 0 Å². The molecule has 1 spiro atoms. The van der Waals surface area contributed by atoms with Gasteiger partial charge in [-0.1, -0.05) is 19.3 Å². The molecule has 3 aliphatic rings. The van der Waals surface area contributed by atoms with Crippen molar-refractivity contribution in [3.05, 3.63) is 0 Å². The summed E-state index contributed by atoms with van der Waals surface area (Å²) in [5.41, 5.74) is 6.25. The zero-order valence-electron chi connectivity index (χ0n) is 12.4. The SMILES string of the molecule is NC(=NCC1CCC2(CCCCC2)O1)N1CCOCC1. The minimum atomic E-state index is 0.187. The molecule has 5 heteroatoms. The predicted molar refractivity (Wildman–Crippen MR) is 78.8 cm³/mol. The van der Waals surface area contributed by atoms with Crippen LogP contribution < -0.4 is 5.73 Å². The van der Waals surface area contributed by atoms with Gasteiger partial charge in [-0.05, 0) is 25.7 Å². The number of rotatable bonds is 2. The minimum Gasteiger partial charge on any atom is -0.378 e. The quantitative estimate of drug-likeness (QED) is 0.616. The molecule has 2 aliphatic heterocycles. The first-order valence-corrected chi connectivity index (χ1v) is 8.08. The Hall–Kier alpha value is -0.810. The average Bonchev–Trinajstić information content (AvgIpc) is 2.89. The van der Waals surface area contributed by atoms with Crippen molar-refractivity contribution in [3.63, 3.8) is 0 Å². The van der Waals surface area contributed by atoms with Crippen molar-refractivity contribution in [3.8, 4) is 0 Å². The molecule has 20 heavy (non-hydrogen) atoms. The second-order valence-corrected chi connectivity index (χ2v) is 6.32. The van der Waals surface area contributed by atoms with Gasteiger partial charge in [0.2, 0.25) is 0 Å². The molecule has 0 amide bonds. The normalized spacial score (nSPS) is 30.9. The van der Waals surface area contributed by atoms with E-state index >= 15 is 0 Å². The standard InChI is InChI=1S/C15H27N3O2/c16-14(18-8-10-19-11-9-18)17-12-13-4-7-15(20-13)5-2-1-3-6-15/h13H,1-12H2,(H2,16,17). The fourth-order valence-corrected chi connectivity index (χ4v) is 3.68. The summed E-state index contributed by atoms with van der Waals surface area (Å²) in [5, 5.41) is 0. The van der Waals surface area contributed by atoms with E-state index in [1.54, 1.807) is 0 Å². The first kappa shape index (κ1) is 14.1. The number of aliphatic imine (C=N–C) groups is 1. The van der Waals surface area contributed by atoms with Crippen molar-refractivity contribution in [2.75, 3.05) is 32.8 Å². The Bertz CT molecular complexity index is 347. The van der Waals surface area contributed by atoms with Crippen molar-refractivity contribution < 1.29 is 9.47 Å². The van der Waals surface area contributed by atoms with Crippen LogP contribution in [0.4, 0.5) is 0 Å². The van der Waals surface area contributed by atoms with Crippen LogP contribution in [0, 0.1) is 0 Å². The maximum Gasteiger partial charge on any atom is 0.191 e. The van der Waals surface area contributed by atoms with Crippen molar-refractivity contribution in [2.45, 2.75) is 56.7 Å². The Labute approximate surface area is 121 Å².